The smallest absolute Gasteiger partial charge is 0.163 e. The standard InChI is InChI=1S/C11H17NO2/c1-14-8-10-3-2-6-12(10)7-9-4-5-11(9)13/h4,10H,2-3,5-8H2,1H3/t10-/m0/s1. The molecule has 0 amide bonds. The molecule has 0 N–H and O–H groups in total. The quantitative estimate of drug-likeness (QED) is 0.670. The zero-order valence-electron chi connectivity index (χ0n) is 8.66. The fourth-order valence-corrected chi connectivity index (χ4v) is 2.19. The van der Waals surface area contributed by atoms with Crippen LogP contribution in [0.25, 0.3) is 0 Å². The molecule has 2 rings (SSSR count). The second-order valence-electron chi connectivity index (χ2n) is 4.08. The van der Waals surface area contributed by atoms with Crippen molar-refractivity contribution in [2.24, 2.45) is 0 Å². The van der Waals surface area contributed by atoms with Gasteiger partial charge in [0.25, 0.3) is 0 Å². The van der Waals surface area contributed by atoms with E-state index in [1.165, 1.54) is 12.8 Å². The third-order valence-corrected chi connectivity index (χ3v) is 3.12. The summed E-state index contributed by atoms with van der Waals surface area (Å²) in [4.78, 5) is 13.5. The molecule has 0 spiro atoms. The van der Waals surface area contributed by atoms with Gasteiger partial charge in [0.2, 0.25) is 0 Å². The highest BCUT2D eigenvalue weighted by molar-refractivity contribution is 6.02. The van der Waals surface area contributed by atoms with E-state index in [4.69, 9.17) is 4.74 Å². The van der Waals surface area contributed by atoms with E-state index in [1.807, 2.05) is 6.08 Å². The maximum atomic E-state index is 11.2. The molecule has 0 saturated carbocycles. The van der Waals surface area contributed by atoms with Crippen molar-refractivity contribution in [1.29, 1.82) is 0 Å². The Balaban J connectivity index is 1.87. The summed E-state index contributed by atoms with van der Waals surface area (Å²) in [7, 11) is 1.74. The van der Waals surface area contributed by atoms with Crippen LogP contribution in [0.2, 0.25) is 0 Å². The first-order valence-corrected chi connectivity index (χ1v) is 5.26. The normalized spacial score (nSPS) is 27.6. The maximum absolute atomic E-state index is 11.2. The molecule has 1 aliphatic heterocycles. The van der Waals surface area contributed by atoms with E-state index in [0.29, 0.717) is 18.2 Å². The molecule has 1 fully saturated rings. The number of Topliss-reactive ketones (excluding diaryl/α,β-unsaturated/α-hetero) is 1. The minimum atomic E-state index is 0.327. The summed E-state index contributed by atoms with van der Waals surface area (Å²) in [6, 6.07) is 0.522. The second kappa shape index (κ2) is 4.24. The predicted molar refractivity (Wildman–Crippen MR) is 54.2 cm³/mol. The van der Waals surface area contributed by atoms with Crippen LogP contribution in [0.4, 0.5) is 0 Å². The number of nitrogens with zero attached hydrogens (tertiary/aromatic N) is 1. The van der Waals surface area contributed by atoms with Crippen LogP contribution in [0.5, 0.6) is 0 Å². The summed E-state index contributed by atoms with van der Waals surface area (Å²) in [5.41, 5.74) is 1.01. The molecular formula is C11H17NO2. The van der Waals surface area contributed by atoms with Gasteiger partial charge in [-0.05, 0) is 19.4 Å². The van der Waals surface area contributed by atoms with Crippen LogP contribution in [-0.2, 0) is 9.53 Å². The average Bonchev–Trinajstić information content (AvgIpc) is 2.60. The topological polar surface area (TPSA) is 29.5 Å². The number of allylic oxidation sites excluding steroid dienone is 1. The molecule has 0 radical (unpaired) electrons. The summed E-state index contributed by atoms with van der Waals surface area (Å²) >= 11 is 0. The first-order chi connectivity index (χ1) is 6.81. The van der Waals surface area contributed by atoms with E-state index >= 15 is 0 Å². The van der Waals surface area contributed by atoms with Crippen molar-refractivity contribution in [1.82, 2.24) is 4.90 Å². The van der Waals surface area contributed by atoms with Crippen LogP contribution in [0.15, 0.2) is 11.6 Å². The Bertz CT molecular complexity index is 260. The van der Waals surface area contributed by atoms with Crippen molar-refractivity contribution in [3.8, 4) is 0 Å². The zero-order valence-corrected chi connectivity index (χ0v) is 8.66. The summed E-state index contributed by atoms with van der Waals surface area (Å²) in [5.74, 6) is 0.327. The molecule has 78 valence electrons. The maximum Gasteiger partial charge on any atom is 0.163 e. The lowest BCUT2D eigenvalue weighted by atomic mass is 9.96. The molecule has 1 atom stereocenters. The zero-order chi connectivity index (χ0) is 9.97. The van der Waals surface area contributed by atoms with E-state index in [2.05, 4.69) is 4.90 Å². The Hall–Kier alpha value is -0.670. The van der Waals surface area contributed by atoms with Crippen molar-refractivity contribution in [2.45, 2.75) is 25.3 Å². The Morgan fingerprint density at radius 1 is 1.64 bits per heavy atom. The van der Waals surface area contributed by atoms with Gasteiger partial charge >= 0.3 is 0 Å². The van der Waals surface area contributed by atoms with E-state index in [0.717, 1.165) is 25.3 Å². The molecule has 2 aliphatic rings. The lowest BCUT2D eigenvalue weighted by Gasteiger charge is -2.26. The number of likely N-dealkylation sites (tertiary alicyclic amines) is 1. The molecule has 3 nitrogen and oxygen atoms in total. The van der Waals surface area contributed by atoms with Gasteiger partial charge in [-0.2, -0.15) is 0 Å². The number of rotatable bonds is 4. The van der Waals surface area contributed by atoms with Gasteiger partial charge in [0.15, 0.2) is 5.78 Å². The van der Waals surface area contributed by atoms with Crippen molar-refractivity contribution >= 4 is 5.78 Å². The van der Waals surface area contributed by atoms with Crippen molar-refractivity contribution < 1.29 is 9.53 Å². The van der Waals surface area contributed by atoms with E-state index in [-0.39, 0.29) is 0 Å². The number of methoxy groups -OCH3 is 1. The van der Waals surface area contributed by atoms with Gasteiger partial charge in [-0.25, -0.2) is 0 Å². The average molecular weight is 195 g/mol. The van der Waals surface area contributed by atoms with Crippen LogP contribution in [0, 0.1) is 0 Å². The van der Waals surface area contributed by atoms with Gasteiger partial charge in [0, 0.05) is 31.7 Å². The Kier molecular flexibility index (Phi) is 2.99. The highest BCUT2D eigenvalue weighted by Crippen LogP contribution is 2.22. The monoisotopic (exact) mass is 195 g/mol. The third kappa shape index (κ3) is 1.88. The largest absolute Gasteiger partial charge is 0.383 e. The number of hydrogen-bond donors (Lipinski definition) is 0. The van der Waals surface area contributed by atoms with Gasteiger partial charge in [0.05, 0.1) is 6.61 Å². The summed E-state index contributed by atoms with van der Waals surface area (Å²) < 4.78 is 5.17. The lowest BCUT2D eigenvalue weighted by molar-refractivity contribution is -0.116. The molecular weight excluding hydrogens is 178 g/mol. The fourth-order valence-electron chi connectivity index (χ4n) is 2.19. The second-order valence-corrected chi connectivity index (χ2v) is 4.08. The number of ketones is 1. The van der Waals surface area contributed by atoms with Gasteiger partial charge in [-0.3, -0.25) is 9.69 Å². The summed E-state index contributed by atoms with van der Waals surface area (Å²) in [6.45, 7) is 2.74. The Morgan fingerprint density at radius 2 is 2.50 bits per heavy atom. The van der Waals surface area contributed by atoms with Crippen molar-refractivity contribution in [3.05, 3.63) is 11.6 Å². The molecule has 0 aromatic heterocycles. The van der Waals surface area contributed by atoms with Crippen molar-refractivity contribution in [2.75, 3.05) is 26.8 Å². The molecule has 0 aromatic carbocycles. The third-order valence-electron chi connectivity index (χ3n) is 3.12. The molecule has 1 heterocycles. The number of ether oxygens (including phenoxy) is 1. The molecule has 3 heteroatoms. The van der Waals surface area contributed by atoms with Gasteiger partial charge < -0.3 is 4.74 Å². The van der Waals surface area contributed by atoms with Crippen LogP contribution in [-0.4, -0.2) is 43.5 Å². The van der Waals surface area contributed by atoms with Gasteiger partial charge in [-0.15, -0.1) is 0 Å². The highest BCUT2D eigenvalue weighted by atomic mass is 16.5. The van der Waals surface area contributed by atoms with Crippen LogP contribution < -0.4 is 0 Å². The minimum Gasteiger partial charge on any atom is -0.383 e. The molecule has 1 saturated heterocycles. The van der Waals surface area contributed by atoms with E-state index in [1.54, 1.807) is 7.11 Å². The molecule has 14 heavy (non-hydrogen) atoms. The number of carbonyl (C=O) groups excluding carboxylic acids is 1. The van der Waals surface area contributed by atoms with Crippen molar-refractivity contribution in [3.63, 3.8) is 0 Å². The van der Waals surface area contributed by atoms with Crippen LogP contribution in [0.3, 0.4) is 0 Å². The Morgan fingerprint density at radius 3 is 3.07 bits per heavy atom. The van der Waals surface area contributed by atoms with Crippen LogP contribution in [0.1, 0.15) is 19.3 Å². The molecule has 0 aromatic rings. The van der Waals surface area contributed by atoms with Gasteiger partial charge in [-0.1, -0.05) is 6.08 Å². The van der Waals surface area contributed by atoms with Gasteiger partial charge in [0.1, 0.15) is 0 Å². The summed E-state index contributed by atoms with van der Waals surface area (Å²) in [6.07, 6.45) is 5.13. The summed E-state index contributed by atoms with van der Waals surface area (Å²) in [5, 5.41) is 0. The van der Waals surface area contributed by atoms with E-state index in [9.17, 15) is 4.79 Å². The minimum absolute atomic E-state index is 0.327. The molecule has 0 bridgehead atoms. The van der Waals surface area contributed by atoms with E-state index < -0.39 is 0 Å². The number of carbonyl (C=O) groups is 1. The SMILES string of the molecule is COC[C@@H]1CCCN1CC1=CCC1=O. The molecule has 1 aliphatic carbocycles. The lowest BCUT2D eigenvalue weighted by Crippen LogP contribution is -2.36. The van der Waals surface area contributed by atoms with Crippen LogP contribution >= 0.6 is 0 Å². The first kappa shape index (κ1) is 9.87. The molecule has 0 unspecified atom stereocenters. The highest BCUT2D eigenvalue weighted by Gasteiger charge is 2.28. The fraction of sp³-hybridized carbons (Fsp3) is 0.727. The predicted octanol–water partition coefficient (Wildman–Crippen LogP) is 0.996. The number of hydrogen-bond acceptors (Lipinski definition) is 3. The Labute approximate surface area is 84.7 Å². The first-order valence-electron chi connectivity index (χ1n) is 5.26.